The number of rotatable bonds is 4. The molecule has 126 valence electrons. The Morgan fingerprint density at radius 3 is 2.75 bits per heavy atom. The molecular weight excluding hydrogens is 304 g/mol. The highest BCUT2D eigenvalue weighted by Gasteiger charge is 2.32. The van der Waals surface area contributed by atoms with Crippen molar-refractivity contribution < 1.29 is 9.59 Å². The third-order valence-corrected chi connectivity index (χ3v) is 4.70. The molecule has 0 radical (unpaired) electrons. The van der Waals surface area contributed by atoms with E-state index < -0.39 is 6.04 Å². The number of carbonyl (C=O) groups excluding carboxylic acids is 2. The van der Waals surface area contributed by atoms with Gasteiger partial charge in [0, 0.05) is 30.4 Å². The molecule has 2 aromatic rings. The second-order valence-corrected chi connectivity index (χ2v) is 6.30. The number of fused-ring (bicyclic) bond motifs is 1. The highest BCUT2D eigenvalue weighted by molar-refractivity contribution is 6.04. The Labute approximate surface area is 141 Å². The number of anilines is 1. The Morgan fingerprint density at radius 2 is 2.08 bits per heavy atom. The van der Waals surface area contributed by atoms with Crippen LogP contribution in [0, 0.1) is 20.8 Å². The molecule has 0 bridgehead atoms. The maximum Gasteiger partial charge on any atom is 0.251 e. The number of nitrogens with zero attached hydrogens (tertiary/aromatic N) is 2. The molecule has 1 aromatic heterocycles. The fourth-order valence-electron chi connectivity index (χ4n) is 3.30. The zero-order valence-electron chi connectivity index (χ0n) is 14.4. The van der Waals surface area contributed by atoms with Crippen LogP contribution in [0.25, 0.3) is 0 Å². The Morgan fingerprint density at radius 1 is 1.33 bits per heavy atom. The van der Waals surface area contributed by atoms with E-state index in [1.807, 2.05) is 50.7 Å². The maximum absolute atomic E-state index is 12.4. The molecular formula is C18H22N4O2. The summed E-state index contributed by atoms with van der Waals surface area (Å²) in [5.74, 6) is -0.310. The fraction of sp³-hybridized carbons (Fsp3) is 0.389. The van der Waals surface area contributed by atoms with Crippen molar-refractivity contribution in [2.45, 2.75) is 39.7 Å². The van der Waals surface area contributed by atoms with Gasteiger partial charge in [-0.3, -0.25) is 14.3 Å². The predicted molar refractivity (Wildman–Crippen MR) is 91.7 cm³/mol. The monoisotopic (exact) mass is 326 g/mol. The average molecular weight is 326 g/mol. The standard InChI is InChI=1S/C18H22N4O2/c1-10-6-5-7-14-16(10)17(18(24)19-14)20-15(23)9-8-13-11(2)21-22(4)12(13)3/h5-7,17H,8-9H2,1-4H3,(H,19,24)(H,20,23). The van der Waals surface area contributed by atoms with Gasteiger partial charge in [0.15, 0.2) is 0 Å². The number of carbonyl (C=O) groups is 2. The first-order valence-corrected chi connectivity index (χ1v) is 8.07. The molecule has 0 aliphatic carbocycles. The smallest absolute Gasteiger partial charge is 0.251 e. The molecule has 0 saturated carbocycles. The molecule has 6 heteroatoms. The van der Waals surface area contributed by atoms with Gasteiger partial charge in [-0.1, -0.05) is 12.1 Å². The molecule has 6 nitrogen and oxygen atoms in total. The summed E-state index contributed by atoms with van der Waals surface area (Å²) in [6, 6.07) is 5.09. The van der Waals surface area contributed by atoms with Crippen LogP contribution >= 0.6 is 0 Å². The summed E-state index contributed by atoms with van der Waals surface area (Å²) in [7, 11) is 1.90. The number of aryl methyl sites for hydroxylation is 3. The van der Waals surface area contributed by atoms with Gasteiger partial charge in [0.1, 0.15) is 6.04 Å². The lowest BCUT2D eigenvalue weighted by Crippen LogP contribution is -2.33. The van der Waals surface area contributed by atoms with Crippen molar-refractivity contribution in [3.05, 3.63) is 46.3 Å². The van der Waals surface area contributed by atoms with E-state index in [1.165, 1.54) is 0 Å². The lowest BCUT2D eigenvalue weighted by Gasteiger charge is -2.13. The molecule has 0 saturated heterocycles. The maximum atomic E-state index is 12.4. The quantitative estimate of drug-likeness (QED) is 0.903. The number of hydrogen-bond donors (Lipinski definition) is 2. The minimum absolute atomic E-state index is 0.131. The van der Waals surface area contributed by atoms with Crippen LogP contribution in [0.15, 0.2) is 18.2 Å². The summed E-state index contributed by atoms with van der Waals surface area (Å²) in [5.41, 5.74) is 5.76. The number of nitrogens with one attached hydrogen (secondary N) is 2. The van der Waals surface area contributed by atoms with E-state index in [-0.39, 0.29) is 11.8 Å². The zero-order chi connectivity index (χ0) is 17.4. The van der Waals surface area contributed by atoms with E-state index in [1.54, 1.807) is 0 Å². The zero-order valence-corrected chi connectivity index (χ0v) is 14.4. The Hall–Kier alpha value is -2.63. The molecule has 1 unspecified atom stereocenters. The van der Waals surface area contributed by atoms with E-state index in [2.05, 4.69) is 15.7 Å². The first kappa shape index (κ1) is 16.2. The van der Waals surface area contributed by atoms with Crippen LogP contribution in [0.4, 0.5) is 5.69 Å². The molecule has 1 aromatic carbocycles. The SMILES string of the molecule is Cc1cccc2c1C(NC(=O)CCc1c(C)nn(C)c1C)C(=O)N2. The Kier molecular flexibility index (Phi) is 4.13. The summed E-state index contributed by atoms with van der Waals surface area (Å²) in [4.78, 5) is 24.5. The third-order valence-electron chi connectivity index (χ3n) is 4.70. The van der Waals surface area contributed by atoms with Crippen LogP contribution in [0.1, 0.15) is 40.5 Å². The third kappa shape index (κ3) is 2.79. The van der Waals surface area contributed by atoms with Gasteiger partial charge in [-0.25, -0.2) is 0 Å². The van der Waals surface area contributed by atoms with E-state index in [4.69, 9.17) is 0 Å². The van der Waals surface area contributed by atoms with Crippen molar-refractivity contribution in [1.29, 1.82) is 0 Å². The molecule has 3 rings (SSSR count). The number of aromatic nitrogens is 2. The Bertz CT molecular complexity index is 823. The van der Waals surface area contributed by atoms with Crippen LogP contribution < -0.4 is 10.6 Å². The summed E-state index contributed by atoms with van der Waals surface area (Å²) in [6.07, 6.45) is 0.949. The molecule has 1 aliphatic rings. The summed E-state index contributed by atoms with van der Waals surface area (Å²) >= 11 is 0. The van der Waals surface area contributed by atoms with Crippen LogP contribution in [0.5, 0.6) is 0 Å². The number of amides is 2. The summed E-state index contributed by atoms with van der Waals surface area (Å²) in [6.45, 7) is 5.89. The van der Waals surface area contributed by atoms with E-state index in [9.17, 15) is 9.59 Å². The van der Waals surface area contributed by atoms with Crippen molar-refractivity contribution in [1.82, 2.24) is 15.1 Å². The van der Waals surface area contributed by atoms with E-state index in [0.29, 0.717) is 12.8 Å². The Balaban J connectivity index is 1.69. The molecule has 2 amide bonds. The molecule has 1 aliphatic heterocycles. The van der Waals surface area contributed by atoms with Gasteiger partial charge >= 0.3 is 0 Å². The first-order chi connectivity index (χ1) is 11.4. The highest BCUT2D eigenvalue weighted by Crippen LogP contribution is 2.33. The van der Waals surface area contributed by atoms with Gasteiger partial charge in [-0.15, -0.1) is 0 Å². The van der Waals surface area contributed by atoms with Crippen molar-refractivity contribution in [2.24, 2.45) is 7.05 Å². The predicted octanol–water partition coefficient (Wildman–Crippen LogP) is 2.09. The minimum Gasteiger partial charge on any atom is -0.340 e. The van der Waals surface area contributed by atoms with Gasteiger partial charge in [0.05, 0.1) is 5.69 Å². The van der Waals surface area contributed by atoms with Crippen molar-refractivity contribution in [2.75, 3.05) is 5.32 Å². The molecule has 24 heavy (non-hydrogen) atoms. The normalized spacial score (nSPS) is 16.0. The lowest BCUT2D eigenvalue weighted by molar-refractivity contribution is -0.126. The molecule has 2 N–H and O–H groups in total. The largest absolute Gasteiger partial charge is 0.340 e. The fourth-order valence-corrected chi connectivity index (χ4v) is 3.30. The average Bonchev–Trinajstić information content (AvgIpc) is 2.96. The minimum atomic E-state index is -0.607. The molecule has 2 heterocycles. The van der Waals surface area contributed by atoms with Crippen molar-refractivity contribution in [3.8, 4) is 0 Å². The van der Waals surface area contributed by atoms with Crippen LogP contribution in [0.2, 0.25) is 0 Å². The van der Waals surface area contributed by atoms with Crippen LogP contribution in [0.3, 0.4) is 0 Å². The second-order valence-electron chi connectivity index (χ2n) is 6.30. The molecule has 0 spiro atoms. The van der Waals surface area contributed by atoms with Crippen molar-refractivity contribution >= 4 is 17.5 Å². The first-order valence-electron chi connectivity index (χ1n) is 8.07. The number of benzene rings is 1. The summed E-state index contributed by atoms with van der Waals surface area (Å²) < 4.78 is 1.83. The highest BCUT2D eigenvalue weighted by atomic mass is 16.2. The second kappa shape index (κ2) is 6.11. The van der Waals surface area contributed by atoms with Gasteiger partial charge < -0.3 is 10.6 Å². The van der Waals surface area contributed by atoms with Crippen LogP contribution in [-0.4, -0.2) is 21.6 Å². The number of hydrogen-bond acceptors (Lipinski definition) is 3. The molecule has 0 fully saturated rings. The van der Waals surface area contributed by atoms with Gasteiger partial charge in [-0.05, 0) is 44.4 Å². The van der Waals surface area contributed by atoms with Crippen LogP contribution in [-0.2, 0) is 23.1 Å². The summed E-state index contributed by atoms with van der Waals surface area (Å²) in [5, 5.41) is 10.1. The lowest BCUT2D eigenvalue weighted by atomic mass is 10.0. The van der Waals surface area contributed by atoms with E-state index >= 15 is 0 Å². The molecule has 1 atom stereocenters. The van der Waals surface area contributed by atoms with E-state index in [0.717, 1.165) is 33.8 Å². The van der Waals surface area contributed by atoms with Gasteiger partial charge in [-0.2, -0.15) is 5.10 Å². The van der Waals surface area contributed by atoms with Gasteiger partial charge in [0.25, 0.3) is 5.91 Å². The topological polar surface area (TPSA) is 76.0 Å². The van der Waals surface area contributed by atoms with Crippen molar-refractivity contribution in [3.63, 3.8) is 0 Å². The van der Waals surface area contributed by atoms with Gasteiger partial charge in [0.2, 0.25) is 5.91 Å².